The van der Waals surface area contributed by atoms with E-state index in [9.17, 15) is 4.79 Å². The Bertz CT molecular complexity index is 1360. The molecule has 4 N–H and O–H groups in total. The molecule has 1 amide bonds. The van der Waals surface area contributed by atoms with Gasteiger partial charge in [-0.25, -0.2) is 19.4 Å². The molecule has 1 aliphatic heterocycles. The molecule has 0 radical (unpaired) electrons. The molecule has 0 bridgehead atoms. The molecule has 34 heavy (non-hydrogen) atoms. The number of rotatable bonds is 3. The van der Waals surface area contributed by atoms with Crippen molar-refractivity contribution >= 4 is 40.1 Å². The fraction of sp³-hybridized carbons (Fsp3) is 0.435. The van der Waals surface area contributed by atoms with Gasteiger partial charge in [-0.1, -0.05) is 0 Å². The van der Waals surface area contributed by atoms with Crippen LogP contribution in [0.15, 0.2) is 28.9 Å². The maximum atomic E-state index is 12.4. The third-order valence-corrected chi connectivity index (χ3v) is 5.93. The summed E-state index contributed by atoms with van der Waals surface area (Å²) in [5, 5.41) is 5.57. The van der Waals surface area contributed by atoms with E-state index in [0.29, 0.717) is 59.2 Å². The van der Waals surface area contributed by atoms with Gasteiger partial charge >= 0.3 is 6.09 Å². The molecule has 1 saturated heterocycles. The van der Waals surface area contributed by atoms with E-state index >= 15 is 0 Å². The molecule has 1 fully saturated rings. The Kier molecular flexibility index (Phi) is 5.26. The molecule has 0 unspecified atom stereocenters. The molecule has 4 heterocycles. The van der Waals surface area contributed by atoms with Gasteiger partial charge in [-0.15, -0.1) is 0 Å². The normalized spacial score (nSPS) is 15.3. The minimum absolute atomic E-state index is 0.114. The monoisotopic (exact) mass is 464 g/mol. The van der Waals surface area contributed by atoms with Gasteiger partial charge < -0.3 is 25.5 Å². The van der Waals surface area contributed by atoms with Crippen LogP contribution >= 0.6 is 0 Å². The molecule has 11 heteroatoms. The number of likely N-dealkylation sites (tertiary alicyclic amines) is 1. The minimum atomic E-state index is -0.501. The molecule has 0 spiro atoms. The number of benzene rings is 1. The largest absolute Gasteiger partial charge is 0.444 e. The number of amides is 1. The molecule has 4 aromatic rings. The van der Waals surface area contributed by atoms with Crippen LogP contribution in [0.2, 0.25) is 0 Å². The highest BCUT2D eigenvalue weighted by atomic mass is 16.6. The van der Waals surface area contributed by atoms with Crippen LogP contribution in [0.3, 0.4) is 0 Å². The molecule has 1 aliphatic rings. The number of fused-ring (bicyclic) bond motifs is 2. The summed E-state index contributed by atoms with van der Waals surface area (Å²) in [7, 11) is 0. The lowest BCUT2D eigenvalue weighted by molar-refractivity contribution is 0.0177. The van der Waals surface area contributed by atoms with E-state index in [-0.39, 0.29) is 12.1 Å². The van der Waals surface area contributed by atoms with Crippen molar-refractivity contribution in [2.24, 2.45) is 5.92 Å². The summed E-state index contributed by atoms with van der Waals surface area (Å²) in [6.45, 7) is 7.58. The second-order valence-electron chi connectivity index (χ2n) is 9.63. The van der Waals surface area contributed by atoms with Crippen LogP contribution in [0, 0.1) is 5.92 Å². The summed E-state index contributed by atoms with van der Waals surface area (Å²) in [5.41, 5.74) is 14.9. The van der Waals surface area contributed by atoms with Crippen molar-refractivity contribution in [3.8, 4) is 11.3 Å². The van der Waals surface area contributed by atoms with E-state index < -0.39 is 5.60 Å². The standard InChI is InChI=1S/C23H28N8O3/c1-23(2,3)34-22(32)30-8-6-13(7-9-30)11-31-20-17(19(24)26-12-27-20)18(29-31)14-4-5-16-15(10-14)28-21(25)33-16/h4-5,10,12-13H,6-9,11H2,1-3H3,(H2,25,28)(H2,24,26,27). The number of anilines is 2. The van der Waals surface area contributed by atoms with Crippen LogP contribution in [0.4, 0.5) is 16.6 Å². The van der Waals surface area contributed by atoms with E-state index in [1.807, 2.05) is 43.7 Å². The first kappa shape index (κ1) is 21.9. The molecule has 178 valence electrons. The first-order chi connectivity index (χ1) is 16.2. The molecular weight excluding hydrogens is 436 g/mol. The molecule has 0 aliphatic carbocycles. The smallest absolute Gasteiger partial charge is 0.410 e. The average Bonchev–Trinajstić information content (AvgIpc) is 3.33. The summed E-state index contributed by atoms with van der Waals surface area (Å²) >= 11 is 0. The van der Waals surface area contributed by atoms with Gasteiger partial charge in [0.05, 0.1) is 5.39 Å². The second-order valence-corrected chi connectivity index (χ2v) is 9.63. The van der Waals surface area contributed by atoms with Crippen molar-refractivity contribution < 1.29 is 13.9 Å². The number of piperidine rings is 1. The van der Waals surface area contributed by atoms with Crippen molar-refractivity contribution in [2.75, 3.05) is 24.6 Å². The number of nitrogen functional groups attached to an aromatic ring is 2. The summed E-state index contributed by atoms with van der Waals surface area (Å²) in [5.74, 6) is 0.703. The number of ether oxygens (including phenoxy) is 1. The van der Waals surface area contributed by atoms with Gasteiger partial charge in [0.15, 0.2) is 11.2 Å². The van der Waals surface area contributed by atoms with Crippen LogP contribution in [-0.4, -0.2) is 54.4 Å². The van der Waals surface area contributed by atoms with Crippen LogP contribution < -0.4 is 11.5 Å². The Labute approximate surface area is 196 Å². The second kappa shape index (κ2) is 8.15. The summed E-state index contributed by atoms with van der Waals surface area (Å²) in [6, 6.07) is 5.69. The molecule has 0 atom stereocenters. The van der Waals surface area contributed by atoms with Gasteiger partial charge in [0.25, 0.3) is 6.01 Å². The first-order valence-electron chi connectivity index (χ1n) is 11.3. The van der Waals surface area contributed by atoms with Crippen molar-refractivity contribution in [3.05, 3.63) is 24.5 Å². The number of carbonyl (C=O) groups excluding carboxylic acids is 1. The SMILES string of the molecule is CC(C)(C)OC(=O)N1CCC(Cn2nc(-c3ccc4oc(N)nc4c3)c3c(N)ncnc32)CC1. The van der Waals surface area contributed by atoms with Crippen LogP contribution in [0.25, 0.3) is 33.4 Å². The maximum Gasteiger partial charge on any atom is 0.410 e. The minimum Gasteiger partial charge on any atom is -0.444 e. The lowest BCUT2D eigenvalue weighted by atomic mass is 9.97. The Hall–Kier alpha value is -3.89. The number of hydrogen-bond donors (Lipinski definition) is 2. The zero-order valence-corrected chi connectivity index (χ0v) is 19.5. The van der Waals surface area contributed by atoms with Crippen LogP contribution in [0.1, 0.15) is 33.6 Å². The van der Waals surface area contributed by atoms with Gasteiger partial charge in [0.1, 0.15) is 29.0 Å². The zero-order chi connectivity index (χ0) is 24.0. The predicted molar refractivity (Wildman–Crippen MR) is 128 cm³/mol. The third-order valence-electron chi connectivity index (χ3n) is 5.93. The van der Waals surface area contributed by atoms with Crippen molar-refractivity contribution in [2.45, 2.75) is 45.8 Å². The lowest BCUT2D eigenvalue weighted by Gasteiger charge is -2.33. The molecular formula is C23H28N8O3. The fourth-order valence-corrected chi connectivity index (χ4v) is 4.32. The molecule has 3 aromatic heterocycles. The molecule has 5 rings (SSSR count). The highest BCUT2D eigenvalue weighted by Gasteiger charge is 2.28. The Morgan fingerprint density at radius 1 is 1.21 bits per heavy atom. The third kappa shape index (κ3) is 4.20. The molecule has 1 aromatic carbocycles. The van der Waals surface area contributed by atoms with Crippen molar-refractivity contribution in [3.63, 3.8) is 0 Å². The molecule has 11 nitrogen and oxygen atoms in total. The quantitative estimate of drug-likeness (QED) is 0.464. The summed E-state index contributed by atoms with van der Waals surface area (Å²) in [4.78, 5) is 27.0. The van der Waals surface area contributed by atoms with Crippen molar-refractivity contribution in [1.29, 1.82) is 0 Å². The lowest BCUT2D eigenvalue weighted by Crippen LogP contribution is -2.42. The first-order valence-corrected chi connectivity index (χ1v) is 11.3. The van der Waals surface area contributed by atoms with E-state index in [4.69, 9.17) is 25.7 Å². The van der Waals surface area contributed by atoms with Gasteiger partial charge in [-0.3, -0.25) is 0 Å². The number of carbonyl (C=O) groups is 1. The van der Waals surface area contributed by atoms with Gasteiger partial charge in [0.2, 0.25) is 0 Å². The summed E-state index contributed by atoms with van der Waals surface area (Å²) in [6.07, 6.45) is 2.88. The van der Waals surface area contributed by atoms with Gasteiger partial charge in [-0.05, 0) is 57.7 Å². The fourth-order valence-electron chi connectivity index (χ4n) is 4.32. The highest BCUT2D eigenvalue weighted by molar-refractivity contribution is 5.99. The highest BCUT2D eigenvalue weighted by Crippen LogP contribution is 2.33. The summed E-state index contributed by atoms with van der Waals surface area (Å²) < 4.78 is 12.8. The Morgan fingerprint density at radius 2 is 1.97 bits per heavy atom. The molecule has 0 saturated carbocycles. The topological polar surface area (TPSA) is 151 Å². The average molecular weight is 465 g/mol. The number of nitrogens with zero attached hydrogens (tertiary/aromatic N) is 6. The van der Waals surface area contributed by atoms with E-state index in [1.54, 1.807) is 4.90 Å². The number of oxazole rings is 1. The maximum absolute atomic E-state index is 12.4. The van der Waals surface area contributed by atoms with Crippen LogP contribution in [0.5, 0.6) is 0 Å². The van der Waals surface area contributed by atoms with Gasteiger partial charge in [0, 0.05) is 25.2 Å². The number of nitrogens with two attached hydrogens (primary N) is 2. The van der Waals surface area contributed by atoms with Gasteiger partial charge in [-0.2, -0.15) is 10.1 Å². The van der Waals surface area contributed by atoms with E-state index in [2.05, 4.69) is 15.0 Å². The van der Waals surface area contributed by atoms with E-state index in [0.717, 1.165) is 18.4 Å². The Balaban J connectivity index is 1.39. The number of aromatic nitrogens is 5. The zero-order valence-electron chi connectivity index (χ0n) is 19.5. The predicted octanol–water partition coefficient (Wildman–Crippen LogP) is 3.45. The number of hydrogen-bond acceptors (Lipinski definition) is 9. The van der Waals surface area contributed by atoms with E-state index in [1.165, 1.54) is 6.33 Å². The Morgan fingerprint density at radius 3 is 2.71 bits per heavy atom. The van der Waals surface area contributed by atoms with Crippen LogP contribution in [-0.2, 0) is 11.3 Å². The van der Waals surface area contributed by atoms with Crippen molar-refractivity contribution in [1.82, 2.24) is 29.6 Å².